The molecule has 61 heavy (non-hydrogen) atoms. The second-order valence-electron chi connectivity index (χ2n) is 15.8. The molecule has 0 aliphatic rings. The molecule has 0 aliphatic carbocycles. The first-order valence-corrected chi connectivity index (χ1v) is 24.5. The average molecular weight is 845 g/mol. The third-order valence-corrected chi connectivity index (χ3v) is 9.93. The van der Waals surface area contributed by atoms with E-state index in [1.807, 2.05) is 60.8 Å². The Morgan fingerprint density at radius 1 is 0.344 bits per heavy atom. The number of carbonyl (C=O) groups is 3. The van der Waals surface area contributed by atoms with Crippen molar-refractivity contribution >= 4 is 17.9 Å². The third kappa shape index (κ3) is 47.0. The summed E-state index contributed by atoms with van der Waals surface area (Å²) >= 11 is 0. The summed E-state index contributed by atoms with van der Waals surface area (Å²) in [6, 6.07) is 0. The molecule has 0 heterocycles. The lowest BCUT2D eigenvalue weighted by Gasteiger charge is -2.18. The van der Waals surface area contributed by atoms with Gasteiger partial charge in [0, 0.05) is 19.3 Å². The van der Waals surface area contributed by atoms with Gasteiger partial charge in [-0.25, -0.2) is 0 Å². The molecular weight excluding hydrogens is 757 g/mol. The van der Waals surface area contributed by atoms with Gasteiger partial charge in [-0.15, -0.1) is 0 Å². The van der Waals surface area contributed by atoms with E-state index in [1.54, 1.807) is 0 Å². The molecule has 0 radical (unpaired) electrons. The Bertz CT molecular complexity index is 1290. The van der Waals surface area contributed by atoms with Crippen LogP contribution in [0.5, 0.6) is 0 Å². The molecular formula is C55H88O6. The SMILES string of the molecule is CC\C=C/C=C\C=C/C=C\CCCCCCCC(=O)OCC(COC(=O)CCCCC\C=C/C=C\C=C/C=C\CC)OC(=O)CCCCCCCCC/C=C\CCCCCC. The van der Waals surface area contributed by atoms with Crippen molar-refractivity contribution in [2.24, 2.45) is 0 Å². The molecule has 0 aliphatic heterocycles. The molecule has 0 saturated carbocycles. The van der Waals surface area contributed by atoms with Gasteiger partial charge in [0.1, 0.15) is 13.2 Å². The van der Waals surface area contributed by atoms with Crippen molar-refractivity contribution in [2.45, 2.75) is 207 Å². The third-order valence-electron chi connectivity index (χ3n) is 9.93. The maximum Gasteiger partial charge on any atom is 0.306 e. The summed E-state index contributed by atoms with van der Waals surface area (Å²) in [4.78, 5) is 37.9. The minimum Gasteiger partial charge on any atom is -0.462 e. The molecule has 344 valence electrons. The Kier molecular flexibility index (Phi) is 45.6. The monoisotopic (exact) mass is 845 g/mol. The summed E-state index contributed by atoms with van der Waals surface area (Å²) in [7, 11) is 0. The fourth-order valence-electron chi connectivity index (χ4n) is 6.28. The van der Waals surface area contributed by atoms with Crippen LogP contribution in [0.3, 0.4) is 0 Å². The summed E-state index contributed by atoms with van der Waals surface area (Å²) in [5.41, 5.74) is 0. The lowest BCUT2D eigenvalue weighted by molar-refractivity contribution is -0.167. The Labute approximate surface area is 374 Å². The first-order chi connectivity index (χ1) is 30.0. The zero-order chi connectivity index (χ0) is 44.4. The molecule has 0 aromatic rings. The van der Waals surface area contributed by atoms with Gasteiger partial charge in [-0.2, -0.15) is 0 Å². The number of unbranched alkanes of at least 4 members (excludes halogenated alkanes) is 19. The number of rotatable bonds is 42. The van der Waals surface area contributed by atoms with Crippen molar-refractivity contribution in [2.75, 3.05) is 13.2 Å². The predicted octanol–water partition coefficient (Wildman–Crippen LogP) is 16.0. The largest absolute Gasteiger partial charge is 0.462 e. The molecule has 0 aromatic heterocycles. The lowest BCUT2D eigenvalue weighted by atomic mass is 10.1. The van der Waals surface area contributed by atoms with Gasteiger partial charge in [-0.05, 0) is 83.5 Å². The second kappa shape index (κ2) is 48.7. The van der Waals surface area contributed by atoms with Crippen molar-refractivity contribution < 1.29 is 28.6 Å². The number of hydrogen-bond donors (Lipinski definition) is 0. The van der Waals surface area contributed by atoms with Crippen LogP contribution in [0, 0.1) is 0 Å². The van der Waals surface area contributed by atoms with E-state index in [-0.39, 0.29) is 31.1 Å². The fourth-order valence-corrected chi connectivity index (χ4v) is 6.28. The van der Waals surface area contributed by atoms with Crippen LogP contribution in [0.4, 0.5) is 0 Å². The highest BCUT2D eigenvalue weighted by Crippen LogP contribution is 2.13. The first-order valence-electron chi connectivity index (χ1n) is 24.5. The molecule has 0 bridgehead atoms. The molecule has 6 nitrogen and oxygen atoms in total. The summed E-state index contributed by atoms with van der Waals surface area (Å²) in [5.74, 6) is -0.981. The molecule has 1 atom stereocenters. The van der Waals surface area contributed by atoms with Crippen LogP contribution in [0.25, 0.3) is 0 Å². The second-order valence-corrected chi connectivity index (χ2v) is 15.8. The van der Waals surface area contributed by atoms with E-state index in [4.69, 9.17) is 14.2 Å². The number of carbonyl (C=O) groups excluding carboxylic acids is 3. The maximum atomic E-state index is 12.8. The highest BCUT2D eigenvalue weighted by Gasteiger charge is 2.19. The molecule has 0 rings (SSSR count). The van der Waals surface area contributed by atoms with Gasteiger partial charge in [0.05, 0.1) is 0 Å². The van der Waals surface area contributed by atoms with Gasteiger partial charge in [0.2, 0.25) is 0 Å². The zero-order valence-corrected chi connectivity index (χ0v) is 39.1. The smallest absolute Gasteiger partial charge is 0.306 e. The summed E-state index contributed by atoms with van der Waals surface area (Å²) in [6.45, 7) is 6.27. The number of hydrogen-bond acceptors (Lipinski definition) is 6. The fraction of sp³-hybridized carbons (Fsp3) is 0.618. The zero-order valence-electron chi connectivity index (χ0n) is 39.1. The van der Waals surface area contributed by atoms with E-state index < -0.39 is 6.10 Å². The van der Waals surface area contributed by atoms with Crippen LogP contribution < -0.4 is 0 Å². The number of allylic oxidation sites excluding steroid dienone is 18. The standard InChI is InChI=1S/C55H88O6/c1-4-7-10-13-16-19-22-25-27-30-33-36-39-42-45-48-54(57)60-51-52(50-59-53(56)47-44-41-38-35-32-29-24-21-18-15-12-9-6-3)61-55(58)49-46-43-40-37-34-31-28-26-23-20-17-14-11-8-5-2/h7,9-10,12-13,15-16,18-25,27,29,32,52H,4-6,8,11,14,17,26,28,30-31,33-51H2,1-3H3/b10-7-,12-9-,16-13-,18-15-,22-19-,23-20-,24-21-,27-25-,32-29-. The van der Waals surface area contributed by atoms with E-state index in [0.717, 1.165) is 96.3 Å². The average Bonchev–Trinajstić information content (AvgIpc) is 3.26. The summed E-state index contributed by atoms with van der Waals surface area (Å²) in [6.07, 6.45) is 64.9. The molecule has 0 N–H and O–H groups in total. The van der Waals surface area contributed by atoms with E-state index in [9.17, 15) is 14.4 Å². The quantitative estimate of drug-likeness (QED) is 0.0200. The van der Waals surface area contributed by atoms with Crippen LogP contribution in [-0.4, -0.2) is 37.2 Å². The molecule has 0 aromatic carbocycles. The Hall–Kier alpha value is -3.93. The van der Waals surface area contributed by atoms with Crippen molar-refractivity contribution in [3.63, 3.8) is 0 Å². The Morgan fingerprint density at radius 3 is 1.07 bits per heavy atom. The highest BCUT2D eigenvalue weighted by molar-refractivity contribution is 5.71. The minimum absolute atomic E-state index is 0.107. The molecule has 1 unspecified atom stereocenters. The maximum absolute atomic E-state index is 12.8. The van der Waals surface area contributed by atoms with E-state index in [2.05, 4.69) is 69.4 Å². The van der Waals surface area contributed by atoms with Crippen molar-refractivity contribution in [1.29, 1.82) is 0 Å². The van der Waals surface area contributed by atoms with E-state index >= 15 is 0 Å². The first kappa shape index (κ1) is 57.1. The molecule has 6 heteroatoms. The van der Waals surface area contributed by atoms with Gasteiger partial charge in [0.15, 0.2) is 6.10 Å². The van der Waals surface area contributed by atoms with Gasteiger partial charge in [-0.3, -0.25) is 14.4 Å². The van der Waals surface area contributed by atoms with Crippen LogP contribution in [-0.2, 0) is 28.6 Å². The Balaban J connectivity index is 4.51. The highest BCUT2D eigenvalue weighted by atomic mass is 16.6. The van der Waals surface area contributed by atoms with Crippen molar-refractivity contribution in [3.05, 3.63) is 109 Å². The van der Waals surface area contributed by atoms with Crippen molar-refractivity contribution in [3.8, 4) is 0 Å². The molecule has 0 saturated heterocycles. The Morgan fingerprint density at radius 2 is 0.656 bits per heavy atom. The topological polar surface area (TPSA) is 78.9 Å². The summed E-state index contributed by atoms with van der Waals surface area (Å²) < 4.78 is 16.7. The number of ether oxygens (including phenoxy) is 3. The molecule has 0 spiro atoms. The van der Waals surface area contributed by atoms with E-state index in [0.29, 0.717) is 19.3 Å². The number of esters is 3. The van der Waals surface area contributed by atoms with Crippen LogP contribution >= 0.6 is 0 Å². The van der Waals surface area contributed by atoms with Gasteiger partial charge >= 0.3 is 17.9 Å². The van der Waals surface area contributed by atoms with Crippen LogP contribution in [0.2, 0.25) is 0 Å². The molecule has 0 fully saturated rings. The van der Waals surface area contributed by atoms with E-state index in [1.165, 1.54) is 64.2 Å². The lowest BCUT2D eigenvalue weighted by Crippen LogP contribution is -2.30. The normalized spacial score (nSPS) is 13.0. The van der Waals surface area contributed by atoms with Crippen LogP contribution in [0.1, 0.15) is 201 Å². The van der Waals surface area contributed by atoms with Crippen molar-refractivity contribution in [1.82, 2.24) is 0 Å². The van der Waals surface area contributed by atoms with Gasteiger partial charge in [0.25, 0.3) is 0 Å². The van der Waals surface area contributed by atoms with Gasteiger partial charge in [-0.1, -0.05) is 207 Å². The van der Waals surface area contributed by atoms with Crippen LogP contribution in [0.15, 0.2) is 109 Å². The predicted molar refractivity (Wildman–Crippen MR) is 260 cm³/mol. The summed E-state index contributed by atoms with van der Waals surface area (Å²) in [5, 5.41) is 0. The van der Waals surface area contributed by atoms with Gasteiger partial charge < -0.3 is 14.2 Å². The minimum atomic E-state index is -0.807. The molecule has 0 amide bonds.